The van der Waals surface area contributed by atoms with Gasteiger partial charge in [0.05, 0.1) is 0 Å². The maximum absolute atomic E-state index is 2.93. The Bertz CT molecular complexity index is 2670. The molecule has 11 aromatic rings. The predicted octanol–water partition coefficient (Wildman–Crippen LogP) is 11.1. The summed E-state index contributed by atoms with van der Waals surface area (Å²) < 4.78 is 0. The summed E-state index contributed by atoms with van der Waals surface area (Å²) in [7, 11) is -4.56. The SMILES string of the molecule is Cc1cc[c-]cc1.[Fe].c1ccc([PH+](c2ccccc2)c2ccccc2[PH+](c2ccccc2)c2ccccc2)cc1.c1ccc([PH+](c2ccccc2)c2ccccc2[PH+](c2ccccc2)c2ccccc2)cc1. The molecule has 0 N–H and O–H groups in total. The van der Waals surface area contributed by atoms with Crippen LogP contribution in [0.2, 0.25) is 0 Å². The van der Waals surface area contributed by atoms with Gasteiger partial charge in [-0.25, -0.2) is 0 Å². The van der Waals surface area contributed by atoms with Crippen molar-refractivity contribution in [3.63, 3.8) is 0 Å². The van der Waals surface area contributed by atoms with Gasteiger partial charge in [0.25, 0.3) is 0 Å². The van der Waals surface area contributed by atoms with E-state index in [4.69, 9.17) is 0 Å². The molecule has 11 rings (SSSR count). The van der Waals surface area contributed by atoms with E-state index in [9.17, 15) is 0 Å². The minimum absolute atomic E-state index is 0. The fourth-order valence-corrected chi connectivity index (χ4v) is 21.0. The quantitative estimate of drug-likeness (QED) is 0.0650. The summed E-state index contributed by atoms with van der Waals surface area (Å²) >= 11 is 0. The van der Waals surface area contributed by atoms with E-state index < -0.39 is 31.7 Å². The smallest absolute Gasteiger partial charge is 0.144 e. The van der Waals surface area contributed by atoms with Crippen molar-refractivity contribution in [2.24, 2.45) is 0 Å². The number of hydrogen-bond acceptors (Lipinski definition) is 0. The van der Waals surface area contributed by atoms with Gasteiger partial charge in [-0.3, -0.25) is 0 Å². The minimum Gasteiger partial charge on any atom is -0.184 e. The van der Waals surface area contributed by atoms with Crippen LogP contribution in [0.15, 0.2) is 315 Å². The summed E-state index contributed by atoms with van der Waals surface area (Å²) in [5, 5.41) is 17.4. The van der Waals surface area contributed by atoms with Crippen molar-refractivity contribution in [2.75, 3.05) is 0 Å². The van der Waals surface area contributed by atoms with Crippen LogP contribution < -0.4 is 63.7 Å². The Morgan fingerprint density at radius 2 is 0.361 bits per heavy atom. The average molecular weight is 1040 g/mol. The zero-order valence-corrected chi connectivity index (χ0v) is 45.5. The third-order valence-corrected chi connectivity index (χ3v) is 24.0. The zero-order valence-electron chi connectivity index (χ0n) is 40.4. The molecule has 11 aromatic carbocycles. The van der Waals surface area contributed by atoms with Crippen LogP contribution in [-0.2, 0) is 17.1 Å². The normalized spacial score (nSPS) is 10.7. The second-order valence-corrected chi connectivity index (χ2v) is 26.9. The molecule has 0 atom stereocenters. The van der Waals surface area contributed by atoms with Gasteiger partial charge in [-0.2, -0.15) is 35.9 Å². The molecular formula is C67H59FeP4+3. The Morgan fingerprint density at radius 3 is 0.500 bits per heavy atom. The molecule has 0 aliphatic carbocycles. The second kappa shape index (κ2) is 27.5. The van der Waals surface area contributed by atoms with Crippen molar-refractivity contribution in [1.29, 1.82) is 0 Å². The van der Waals surface area contributed by atoms with Gasteiger partial charge in [0.2, 0.25) is 0 Å². The van der Waals surface area contributed by atoms with Gasteiger partial charge in [-0.15, -0.1) is 0 Å². The molecular weight excluding hydrogens is 984 g/mol. The topological polar surface area (TPSA) is 0 Å². The van der Waals surface area contributed by atoms with Gasteiger partial charge in [0.15, 0.2) is 0 Å². The van der Waals surface area contributed by atoms with E-state index in [0.717, 1.165) is 0 Å². The molecule has 0 bridgehead atoms. The summed E-state index contributed by atoms with van der Waals surface area (Å²) in [5.41, 5.74) is 1.29. The van der Waals surface area contributed by atoms with Crippen LogP contribution in [0.25, 0.3) is 0 Å². The number of aryl methyl sites for hydroxylation is 1. The first-order valence-corrected chi connectivity index (χ1v) is 30.3. The summed E-state index contributed by atoms with van der Waals surface area (Å²) in [6.07, 6.45) is 0. The summed E-state index contributed by atoms with van der Waals surface area (Å²) in [4.78, 5) is 0. The molecule has 0 amide bonds. The number of rotatable bonds is 12. The molecule has 0 saturated heterocycles. The van der Waals surface area contributed by atoms with Crippen molar-refractivity contribution >= 4 is 95.3 Å². The Kier molecular flexibility index (Phi) is 19.8. The largest absolute Gasteiger partial charge is 0.184 e. The summed E-state index contributed by atoms with van der Waals surface area (Å²) in [6.45, 7) is 2.06. The average Bonchev–Trinajstić information content (AvgIpc) is 3.45. The fraction of sp³-hybridized carbons (Fsp3) is 0.0149. The van der Waals surface area contributed by atoms with Crippen LogP contribution in [-0.4, -0.2) is 0 Å². The number of hydrogen-bond donors (Lipinski definition) is 0. The summed E-state index contributed by atoms with van der Waals surface area (Å²) in [6, 6.07) is 118. The van der Waals surface area contributed by atoms with Crippen molar-refractivity contribution in [3.05, 3.63) is 327 Å². The Hall–Kier alpha value is -6.34. The van der Waals surface area contributed by atoms with Gasteiger partial charge >= 0.3 is 0 Å². The Balaban J connectivity index is 0.000000167. The molecule has 0 nitrogen and oxygen atoms in total. The first kappa shape index (κ1) is 52.0. The molecule has 0 aromatic heterocycles. The van der Waals surface area contributed by atoms with Gasteiger partial charge in [0.1, 0.15) is 95.3 Å². The first-order chi connectivity index (χ1) is 35.2. The predicted molar refractivity (Wildman–Crippen MR) is 323 cm³/mol. The van der Waals surface area contributed by atoms with Crippen LogP contribution in [0.1, 0.15) is 5.56 Å². The molecule has 0 aliphatic rings. The van der Waals surface area contributed by atoms with Gasteiger partial charge in [-0.1, -0.05) is 177 Å². The van der Waals surface area contributed by atoms with E-state index in [0.29, 0.717) is 0 Å². The van der Waals surface area contributed by atoms with Crippen LogP contribution in [0.5, 0.6) is 0 Å². The van der Waals surface area contributed by atoms with Crippen molar-refractivity contribution in [3.8, 4) is 0 Å². The third kappa shape index (κ3) is 13.6. The molecule has 0 radical (unpaired) electrons. The zero-order chi connectivity index (χ0) is 48.3. The second-order valence-electron chi connectivity index (χ2n) is 17.1. The van der Waals surface area contributed by atoms with Gasteiger partial charge in [-0.05, 0) is 121 Å². The van der Waals surface area contributed by atoms with Crippen molar-refractivity contribution < 1.29 is 17.1 Å². The maximum Gasteiger partial charge on any atom is 0.144 e. The number of benzene rings is 11. The van der Waals surface area contributed by atoms with Crippen molar-refractivity contribution in [2.45, 2.75) is 6.92 Å². The van der Waals surface area contributed by atoms with Crippen LogP contribution >= 0.6 is 31.7 Å². The molecule has 0 heterocycles. The maximum atomic E-state index is 2.93. The molecule has 0 spiro atoms. The fourth-order valence-electron chi connectivity index (χ4n) is 9.06. The third-order valence-electron chi connectivity index (χ3n) is 12.3. The van der Waals surface area contributed by atoms with E-state index in [1.165, 1.54) is 69.2 Å². The van der Waals surface area contributed by atoms with E-state index >= 15 is 0 Å². The van der Waals surface area contributed by atoms with Crippen molar-refractivity contribution in [1.82, 2.24) is 0 Å². The molecule has 352 valence electrons. The Morgan fingerprint density at radius 1 is 0.208 bits per heavy atom. The molecule has 0 unspecified atom stereocenters. The van der Waals surface area contributed by atoms with Crippen LogP contribution in [0.3, 0.4) is 0 Å². The summed E-state index contributed by atoms with van der Waals surface area (Å²) in [5.74, 6) is 0. The molecule has 0 aliphatic heterocycles. The van der Waals surface area contributed by atoms with E-state index in [-0.39, 0.29) is 17.1 Å². The molecule has 5 heteroatoms. The molecule has 0 saturated carbocycles. The molecule has 72 heavy (non-hydrogen) atoms. The first-order valence-electron chi connectivity index (χ1n) is 24.3. The van der Waals surface area contributed by atoms with E-state index in [1.807, 2.05) is 24.3 Å². The van der Waals surface area contributed by atoms with E-state index in [2.05, 4.69) is 304 Å². The van der Waals surface area contributed by atoms with Gasteiger partial charge < -0.3 is 0 Å². The van der Waals surface area contributed by atoms with Crippen LogP contribution in [0.4, 0.5) is 0 Å². The minimum atomic E-state index is -1.14. The standard InChI is InChI=1S/2C30H24P2.C7H7.Fe/c2*1-5-15-25(16-6-1)31(26-17-7-2-8-18-26)29-23-13-14-24-30(29)32(27-19-9-3-10-20-27)28-21-11-4-12-22-28;1-7-5-3-2-4-6-7;/h2*1-24H;3-6H,1H3;/q;;-1;/p+4. The van der Waals surface area contributed by atoms with E-state index in [1.54, 1.807) is 0 Å². The van der Waals surface area contributed by atoms with Crippen LogP contribution in [0, 0.1) is 13.0 Å². The van der Waals surface area contributed by atoms with Gasteiger partial charge in [0, 0.05) is 17.1 Å². The Labute approximate surface area is 443 Å². The molecule has 0 fully saturated rings. The monoisotopic (exact) mass is 1040 g/mol.